The molecule has 0 aromatic heterocycles. The number of benzene rings is 2. The Hall–Kier alpha value is -2.05. The van der Waals surface area contributed by atoms with Gasteiger partial charge in [-0.3, -0.25) is 9.59 Å². The second-order valence-corrected chi connectivity index (χ2v) is 7.35. The molecule has 138 valence electrons. The number of nitrogens with one attached hydrogen (secondary N) is 2. The minimum atomic E-state index is -0.425. The fourth-order valence-corrected chi connectivity index (χ4v) is 2.90. The summed E-state index contributed by atoms with van der Waals surface area (Å²) in [4.78, 5) is 24.6. The summed E-state index contributed by atoms with van der Waals surface area (Å²) in [5.74, 6) is -0.325. The average Bonchev–Trinajstić information content (AvgIpc) is 2.56. The summed E-state index contributed by atoms with van der Waals surface area (Å²) in [5.41, 5.74) is 1.90. The summed E-state index contributed by atoms with van der Waals surface area (Å²) in [6.45, 7) is 5.46. The zero-order chi connectivity index (χ0) is 19.3. The van der Waals surface area contributed by atoms with Gasteiger partial charge >= 0.3 is 0 Å². The Kier molecular flexibility index (Phi) is 7.06. The summed E-state index contributed by atoms with van der Waals surface area (Å²) in [6.07, 6.45) is -0.0913. The minimum Gasteiger partial charge on any atom is -0.490 e. The standard InChI is InChI=1S/C19H20BrClN2O3/c1-11(2)26-17-7-5-14(21)9-15(17)19(25)22-10-18(24)23-16-6-4-13(20)8-12(16)3/h4-9,11H,10H2,1-3H3,(H,22,25)(H,23,24). The molecule has 26 heavy (non-hydrogen) atoms. The molecule has 5 nitrogen and oxygen atoms in total. The molecule has 0 radical (unpaired) electrons. The van der Waals surface area contributed by atoms with Crippen LogP contribution in [-0.4, -0.2) is 24.5 Å². The van der Waals surface area contributed by atoms with Crippen LogP contribution in [0.2, 0.25) is 5.02 Å². The quantitative estimate of drug-likeness (QED) is 0.693. The van der Waals surface area contributed by atoms with Gasteiger partial charge in [0.2, 0.25) is 5.91 Å². The van der Waals surface area contributed by atoms with Crippen molar-refractivity contribution < 1.29 is 14.3 Å². The van der Waals surface area contributed by atoms with E-state index in [9.17, 15) is 9.59 Å². The molecule has 2 rings (SSSR count). The Morgan fingerprint density at radius 3 is 2.58 bits per heavy atom. The fourth-order valence-electron chi connectivity index (χ4n) is 2.25. The topological polar surface area (TPSA) is 67.4 Å². The van der Waals surface area contributed by atoms with Crippen LogP contribution in [0.1, 0.15) is 29.8 Å². The highest BCUT2D eigenvalue weighted by molar-refractivity contribution is 9.10. The van der Waals surface area contributed by atoms with E-state index in [-0.39, 0.29) is 18.6 Å². The van der Waals surface area contributed by atoms with Gasteiger partial charge in [-0.1, -0.05) is 27.5 Å². The van der Waals surface area contributed by atoms with Crippen LogP contribution in [0.5, 0.6) is 5.75 Å². The van der Waals surface area contributed by atoms with E-state index in [1.54, 1.807) is 18.2 Å². The molecule has 0 unspecified atom stereocenters. The van der Waals surface area contributed by atoms with Crippen LogP contribution in [0.15, 0.2) is 40.9 Å². The van der Waals surface area contributed by atoms with Crippen LogP contribution < -0.4 is 15.4 Å². The molecule has 0 heterocycles. The lowest BCUT2D eigenvalue weighted by molar-refractivity contribution is -0.115. The zero-order valence-corrected chi connectivity index (χ0v) is 17.1. The predicted octanol–water partition coefficient (Wildman–Crippen LogP) is 4.57. The number of rotatable bonds is 6. The third-order valence-electron chi connectivity index (χ3n) is 3.42. The number of halogens is 2. The third-order valence-corrected chi connectivity index (χ3v) is 4.15. The van der Waals surface area contributed by atoms with Crippen molar-refractivity contribution in [3.63, 3.8) is 0 Å². The van der Waals surface area contributed by atoms with E-state index < -0.39 is 5.91 Å². The van der Waals surface area contributed by atoms with Gasteiger partial charge in [0.1, 0.15) is 5.75 Å². The summed E-state index contributed by atoms with van der Waals surface area (Å²) < 4.78 is 6.56. The number of anilines is 1. The molecule has 0 bridgehead atoms. The van der Waals surface area contributed by atoms with E-state index in [4.69, 9.17) is 16.3 Å². The van der Waals surface area contributed by atoms with Gasteiger partial charge in [-0.05, 0) is 62.7 Å². The lowest BCUT2D eigenvalue weighted by atomic mass is 10.2. The maximum absolute atomic E-state index is 12.4. The number of hydrogen-bond acceptors (Lipinski definition) is 3. The van der Waals surface area contributed by atoms with E-state index >= 15 is 0 Å². The first-order chi connectivity index (χ1) is 12.3. The van der Waals surface area contributed by atoms with Gasteiger partial charge in [0.25, 0.3) is 5.91 Å². The van der Waals surface area contributed by atoms with E-state index in [0.29, 0.717) is 22.0 Å². The van der Waals surface area contributed by atoms with Crippen molar-refractivity contribution >= 4 is 45.0 Å². The van der Waals surface area contributed by atoms with Gasteiger partial charge in [0.05, 0.1) is 18.2 Å². The molecule has 0 aliphatic heterocycles. The number of carbonyl (C=O) groups excluding carboxylic acids is 2. The highest BCUT2D eigenvalue weighted by Gasteiger charge is 2.15. The first-order valence-corrected chi connectivity index (χ1v) is 9.23. The molecular formula is C19H20BrClN2O3. The highest BCUT2D eigenvalue weighted by atomic mass is 79.9. The number of aryl methyl sites for hydroxylation is 1. The minimum absolute atomic E-state index is 0.0913. The second-order valence-electron chi connectivity index (χ2n) is 6.00. The summed E-state index contributed by atoms with van der Waals surface area (Å²) in [7, 11) is 0. The van der Waals surface area contributed by atoms with Crippen LogP contribution in [0, 0.1) is 6.92 Å². The molecule has 2 N–H and O–H groups in total. The third kappa shape index (κ3) is 5.75. The van der Waals surface area contributed by atoms with Gasteiger partial charge in [-0.15, -0.1) is 0 Å². The van der Waals surface area contributed by atoms with E-state index in [0.717, 1.165) is 10.0 Å². The predicted molar refractivity (Wildman–Crippen MR) is 107 cm³/mol. The zero-order valence-electron chi connectivity index (χ0n) is 14.7. The fraction of sp³-hybridized carbons (Fsp3) is 0.263. The molecule has 0 saturated carbocycles. The van der Waals surface area contributed by atoms with Crippen molar-refractivity contribution in [3.05, 3.63) is 57.0 Å². The Labute approximate surface area is 166 Å². The molecule has 2 amide bonds. The number of amides is 2. The molecule has 2 aromatic carbocycles. The Morgan fingerprint density at radius 2 is 1.92 bits per heavy atom. The highest BCUT2D eigenvalue weighted by Crippen LogP contribution is 2.24. The maximum Gasteiger partial charge on any atom is 0.255 e. The van der Waals surface area contributed by atoms with Gasteiger partial charge < -0.3 is 15.4 Å². The SMILES string of the molecule is Cc1cc(Br)ccc1NC(=O)CNC(=O)c1cc(Cl)ccc1OC(C)C. The van der Waals surface area contributed by atoms with Gasteiger partial charge in [0, 0.05) is 15.2 Å². The number of hydrogen-bond donors (Lipinski definition) is 2. The molecule has 7 heteroatoms. The normalized spacial score (nSPS) is 10.5. The van der Waals surface area contributed by atoms with Gasteiger partial charge in [0.15, 0.2) is 0 Å². The van der Waals surface area contributed by atoms with Crippen molar-refractivity contribution in [1.82, 2.24) is 5.32 Å². The molecule has 0 spiro atoms. The lowest BCUT2D eigenvalue weighted by Gasteiger charge is -2.14. The number of ether oxygens (including phenoxy) is 1. The first kappa shape index (κ1) is 20.3. The summed E-state index contributed by atoms with van der Waals surface area (Å²) in [5, 5.41) is 5.78. The Morgan fingerprint density at radius 1 is 1.19 bits per heavy atom. The molecule has 0 aliphatic carbocycles. The Bertz CT molecular complexity index is 824. The van der Waals surface area contributed by atoms with Crippen LogP contribution in [0.4, 0.5) is 5.69 Å². The second kappa shape index (κ2) is 9.05. The van der Waals surface area contributed by atoms with Crippen LogP contribution in [0.3, 0.4) is 0 Å². The molecule has 0 aliphatic rings. The summed E-state index contributed by atoms with van der Waals surface area (Å²) in [6, 6.07) is 10.3. The van der Waals surface area contributed by atoms with Gasteiger partial charge in [-0.25, -0.2) is 0 Å². The van der Waals surface area contributed by atoms with Crippen LogP contribution >= 0.6 is 27.5 Å². The maximum atomic E-state index is 12.4. The van der Waals surface area contributed by atoms with Crippen LogP contribution in [-0.2, 0) is 4.79 Å². The largest absolute Gasteiger partial charge is 0.490 e. The Balaban J connectivity index is 2.02. The van der Waals surface area contributed by atoms with Gasteiger partial charge in [-0.2, -0.15) is 0 Å². The molecule has 0 saturated heterocycles. The summed E-state index contributed by atoms with van der Waals surface area (Å²) >= 11 is 9.35. The van der Waals surface area contributed by atoms with Crippen molar-refractivity contribution in [2.45, 2.75) is 26.9 Å². The van der Waals surface area contributed by atoms with Crippen molar-refractivity contribution in [2.75, 3.05) is 11.9 Å². The van der Waals surface area contributed by atoms with Crippen molar-refractivity contribution in [2.24, 2.45) is 0 Å². The smallest absolute Gasteiger partial charge is 0.255 e. The molecule has 2 aromatic rings. The average molecular weight is 440 g/mol. The van der Waals surface area contributed by atoms with E-state index in [2.05, 4.69) is 26.6 Å². The van der Waals surface area contributed by atoms with Crippen molar-refractivity contribution in [1.29, 1.82) is 0 Å². The monoisotopic (exact) mass is 438 g/mol. The molecule has 0 atom stereocenters. The molecule has 0 fully saturated rings. The van der Waals surface area contributed by atoms with E-state index in [1.165, 1.54) is 6.07 Å². The number of carbonyl (C=O) groups is 2. The first-order valence-electron chi connectivity index (χ1n) is 8.06. The van der Waals surface area contributed by atoms with Crippen molar-refractivity contribution in [3.8, 4) is 5.75 Å². The van der Waals surface area contributed by atoms with E-state index in [1.807, 2.05) is 32.9 Å². The lowest BCUT2D eigenvalue weighted by Crippen LogP contribution is -2.33. The molecular weight excluding hydrogens is 420 g/mol. The van der Waals surface area contributed by atoms with Crippen LogP contribution in [0.25, 0.3) is 0 Å².